The first-order valence-corrected chi connectivity index (χ1v) is 9.39. The predicted molar refractivity (Wildman–Crippen MR) is 104 cm³/mol. The molecule has 3 aromatic rings. The van der Waals surface area contributed by atoms with Gasteiger partial charge in [-0.05, 0) is 36.1 Å². The summed E-state index contributed by atoms with van der Waals surface area (Å²) in [6.07, 6.45) is 1.73. The molecule has 0 unspecified atom stereocenters. The summed E-state index contributed by atoms with van der Waals surface area (Å²) in [7, 11) is 0. The summed E-state index contributed by atoms with van der Waals surface area (Å²) < 4.78 is 5.89. The van der Waals surface area contributed by atoms with Crippen LogP contribution in [0.3, 0.4) is 0 Å². The van der Waals surface area contributed by atoms with Gasteiger partial charge in [0, 0.05) is 32.1 Å². The highest BCUT2D eigenvalue weighted by molar-refractivity contribution is 5.74. The maximum atomic E-state index is 12.4. The van der Waals surface area contributed by atoms with Crippen molar-refractivity contribution in [1.82, 2.24) is 15.2 Å². The minimum absolute atomic E-state index is 0.0195. The standard InChI is InChI=1S/C21H24N4O2/c22-13-15-5-7-16(8-6-15)14-23-21(26)25-11-9-17(10-12-25)20-24-18-3-1-2-4-19(18)27-20/h1-8,17H,9-14,22H2,(H,23,26). The number of carbonyl (C=O) groups excluding carboxylic acids is 1. The van der Waals surface area contributed by atoms with Crippen LogP contribution in [-0.2, 0) is 13.1 Å². The molecule has 1 saturated heterocycles. The van der Waals surface area contributed by atoms with E-state index in [4.69, 9.17) is 10.2 Å². The fourth-order valence-corrected chi connectivity index (χ4v) is 3.48. The lowest BCUT2D eigenvalue weighted by molar-refractivity contribution is 0.177. The lowest BCUT2D eigenvalue weighted by Crippen LogP contribution is -2.43. The van der Waals surface area contributed by atoms with Gasteiger partial charge in [-0.3, -0.25) is 0 Å². The predicted octanol–water partition coefficient (Wildman–Crippen LogP) is 3.38. The molecule has 1 aliphatic heterocycles. The summed E-state index contributed by atoms with van der Waals surface area (Å²) in [6, 6.07) is 15.8. The van der Waals surface area contributed by atoms with Gasteiger partial charge in [-0.15, -0.1) is 0 Å². The Labute approximate surface area is 158 Å². The van der Waals surface area contributed by atoms with E-state index in [1.807, 2.05) is 53.4 Å². The molecule has 0 atom stereocenters. The Morgan fingerprint density at radius 3 is 2.52 bits per heavy atom. The molecule has 4 rings (SSSR count). The van der Waals surface area contributed by atoms with Crippen LogP contribution in [0.1, 0.15) is 35.8 Å². The normalized spacial score (nSPS) is 15.2. The third-order valence-electron chi connectivity index (χ3n) is 5.14. The quantitative estimate of drug-likeness (QED) is 0.743. The summed E-state index contributed by atoms with van der Waals surface area (Å²) >= 11 is 0. The number of hydrogen-bond donors (Lipinski definition) is 2. The Morgan fingerprint density at radius 2 is 1.81 bits per heavy atom. The second-order valence-corrected chi connectivity index (χ2v) is 6.96. The van der Waals surface area contributed by atoms with E-state index >= 15 is 0 Å². The molecule has 6 heteroatoms. The van der Waals surface area contributed by atoms with Crippen LogP contribution in [0.2, 0.25) is 0 Å². The summed E-state index contributed by atoms with van der Waals surface area (Å²) in [5.41, 5.74) is 9.49. The van der Waals surface area contributed by atoms with E-state index in [0.717, 1.165) is 41.0 Å². The molecule has 0 saturated carbocycles. The second-order valence-electron chi connectivity index (χ2n) is 6.96. The number of carbonyl (C=O) groups is 1. The fourth-order valence-electron chi connectivity index (χ4n) is 3.48. The zero-order valence-electron chi connectivity index (χ0n) is 15.2. The van der Waals surface area contributed by atoms with Gasteiger partial charge in [0.25, 0.3) is 0 Å². The molecule has 0 aliphatic carbocycles. The highest BCUT2D eigenvalue weighted by Gasteiger charge is 2.26. The van der Waals surface area contributed by atoms with Gasteiger partial charge < -0.3 is 20.4 Å². The summed E-state index contributed by atoms with van der Waals surface area (Å²) in [6.45, 7) is 2.47. The number of amides is 2. The fraction of sp³-hybridized carbons (Fsp3) is 0.333. The van der Waals surface area contributed by atoms with E-state index in [0.29, 0.717) is 26.2 Å². The van der Waals surface area contributed by atoms with E-state index < -0.39 is 0 Å². The number of nitrogens with one attached hydrogen (secondary N) is 1. The van der Waals surface area contributed by atoms with Gasteiger partial charge in [0.15, 0.2) is 11.5 Å². The lowest BCUT2D eigenvalue weighted by atomic mass is 9.97. The van der Waals surface area contributed by atoms with Crippen molar-refractivity contribution in [3.63, 3.8) is 0 Å². The molecule has 3 N–H and O–H groups in total. The van der Waals surface area contributed by atoms with Gasteiger partial charge in [-0.2, -0.15) is 0 Å². The number of urea groups is 1. The van der Waals surface area contributed by atoms with E-state index in [9.17, 15) is 4.79 Å². The van der Waals surface area contributed by atoms with E-state index in [1.165, 1.54) is 0 Å². The Kier molecular flexibility index (Phi) is 5.07. The van der Waals surface area contributed by atoms with Crippen molar-refractivity contribution in [2.45, 2.75) is 31.8 Å². The minimum atomic E-state index is -0.0195. The number of piperidine rings is 1. The maximum absolute atomic E-state index is 12.4. The monoisotopic (exact) mass is 364 g/mol. The average Bonchev–Trinajstić information content (AvgIpc) is 3.17. The van der Waals surface area contributed by atoms with Crippen molar-refractivity contribution in [3.05, 3.63) is 65.5 Å². The van der Waals surface area contributed by atoms with Gasteiger partial charge in [-0.25, -0.2) is 9.78 Å². The summed E-state index contributed by atoms with van der Waals surface area (Å²) in [5.74, 6) is 1.06. The van der Waals surface area contributed by atoms with Gasteiger partial charge in [0.2, 0.25) is 0 Å². The molecule has 0 bridgehead atoms. The largest absolute Gasteiger partial charge is 0.440 e. The van der Waals surface area contributed by atoms with Crippen LogP contribution in [-0.4, -0.2) is 29.0 Å². The first kappa shape index (κ1) is 17.5. The number of oxazole rings is 1. The molecule has 2 aromatic carbocycles. The van der Waals surface area contributed by atoms with Gasteiger partial charge >= 0.3 is 6.03 Å². The Balaban J connectivity index is 1.29. The topological polar surface area (TPSA) is 84.4 Å². The number of aromatic nitrogens is 1. The van der Waals surface area contributed by atoms with Crippen molar-refractivity contribution in [1.29, 1.82) is 0 Å². The van der Waals surface area contributed by atoms with Crippen molar-refractivity contribution in [2.24, 2.45) is 5.73 Å². The molecule has 6 nitrogen and oxygen atoms in total. The van der Waals surface area contributed by atoms with Crippen LogP contribution in [0.15, 0.2) is 52.9 Å². The van der Waals surface area contributed by atoms with Crippen LogP contribution in [0.5, 0.6) is 0 Å². The highest BCUT2D eigenvalue weighted by Crippen LogP contribution is 2.29. The molecular formula is C21H24N4O2. The number of nitrogens with two attached hydrogens (primary N) is 1. The molecular weight excluding hydrogens is 340 g/mol. The molecule has 0 radical (unpaired) electrons. The number of fused-ring (bicyclic) bond motifs is 1. The third kappa shape index (κ3) is 3.95. The van der Waals surface area contributed by atoms with Crippen molar-refractivity contribution < 1.29 is 9.21 Å². The number of rotatable bonds is 4. The van der Waals surface area contributed by atoms with Gasteiger partial charge in [-0.1, -0.05) is 36.4 Å². The van der Waals surface area contributed by atoms with Gasteiger partial charge in [0.1, 0.15) is 5.52 Å². The molecule has 1 aromatic heterocycles. The van der Waals surface area contributed by atoms with Crippen LogP contribution in [0.25, 0.3) is 11.1 Å². The average molecular weight is 364 g/mol. The molecule has 2 heterocycles. The Morgan fingerprint density at radius 1 is 1.11 bits per heavy atom. The molecule has 1 fully saturated rings. The molecule has 27 heavy (non-hydrogen) atoms. The smallest absolute Gasteiger partial charge is 0.317 e. The molecule has 0 spiro atoms. The van der Waals surface area contributed by atoms with Crippen LogP contribution in [0, 0.1) is 0 Å². The zero-order valence-corrected chi connectivity index (χ0v) is 15.2. The highest BCUT2D eigenvalue weighted by atomic mass is 16.3. The minimum Gasteiger partial charge on any atom is -0.440 e. The van der Waals surface area contributed by atoms with E-state index in [2.05, 4.69) is 10.3 Å². The van der Waals surface area contributed by atoms with Crippen LogP contribution < -0.4 is 11.1 Å². The Bertz CT molecular complexity index is 878. The first-order valence-electron chi connectivity index (χ1n) is 9.39. The molecule has 2 amide bonds. The lowest BCUT2D eigenvalue weighted by Gasteiger charge is -2.30. The van der Waals surface area contributed by atoms with Crippen molar-refractivity contribution in [3.8, 4) is 0 Å². The third-order valence-corrected chi connectivity index (χ3v) is 5.14. The van der Waals surface area contributed by atoms with E-state index in [-0.39, 0.29) is 11.9 Å². The molecule has 140 valence electrons. The number of likely N-dealkylation sites (tertiary alicyclic amines) is 1. The number of para-hydroxylation sites is 2. The van der Waals surface area contributed by atoms with Gasteiger partial charge in [0.05, 0.1) is 0 Å². The van der Waals surface area contributed by atoms with Crippen LogP contribution in [0.4, 0.5) is 4.79 Å². The maximum Gasteiger partial charge on any atom is 0.317 e. The number of benzene rings is 2. The van der Waals surface area contributed by atoms with Crippen molar-refractivity contribution in [2.75, 3.05) is 13.1 Å². The number of hydrogen-bond acceptors (Lipinski definition) is 4. The second kappa shape index (κ2) is 7.80. The molecule has 1 aliphatic rings. The Hall–Kier alpha value is -2.86. The van der Waals surface area contributed by atoms with Crippen molar-refractivity contribution >= 4 is 17.1 Å². The summed E-state index contributed by atoms with van der Waals surface area (Å²) in [4.78, 5) is 18.9. The first-order chi connectivity index (χ1) is 13.2. The number of nitrogens with zero attached hydrogens (tertiary/aromatic N) is 2. The summed E-state index contributed by atoms with van der Waals surface area (Å²) in [5, 5.41) is 3.00. The van der Waals surface area contributed by atoms with E-state index in [1.54, 1.807) is 0 Å². The SMILES string of the molecule is NCc1ccc(CNC(=O)N2CCC(c3nc4ccccc4o3)CC2)cc1. The van der Waals surface area contributed by atoms with Crippen LogP contribution >= 0.6 is 0 Å². The zero-order chi connectivity index (χ0) is 18.6.